The summed E-state index contributed by atoms with van der Waals surface area (Å²) >= 11 is 0. The van der Waals surface area contributed by atoms with Crippen LogP contribution in [0.2, 0.25) is 0 Å². The van der Waals surface area contributed by atoms with Gasteiger partial charge in [-0.25, -0.2) is 0 Å². The Morgan fingerprint density at radius 2 is 0.917 bits per heavy atom. The standard InChI is InChI=1S/C45H31NO2/c1-45(2)39-12-6-3-9-33(39)34-22-20-32(27-40(34)45)46(31-21-24-44-38(26-31)36-11-5-8-14-42(36)48-44)30-18-15-28(16-19-30)29-17-23-43-37(25-29)35-10-4-7-13-41(35)47-43/h3-27H,1-2H3. The fourth-order valence-corrected chi connectivity index (χ4v) is 7.84. The Morgan fingerprint density at radius 3 is 1.67 bits per heavy atom. The fourth-order valence-electron chi connectivity index (χ4n) is 7.84. The molecule has 0 bridgehead atoms. The number of nitrogens with zero attached hydrogens (tertiary/aromatic N) is 1. The van der Waals surface area contributed by atoms with Gasteiger partial charge in [-0.2, -0.15) is 0 Å². The largest absolute Gasteiger partial charge is 0.456 e. The average molecular weight is 618 g/mol. The summed E-state index contributed by atoms with van der Waals surface area (Å²) in [6, 6.07) is 54.2. The molecular weight excluding hydrogens is 587 g/mol. The fraction of sp³-hybridized carbons (Fsp3) is 0.0667. The quantitative estimate of drug-likeness (QED) is 0.197. The molecule has 0 aliphatic heterocycles. The molecule has 0 spiro atoms. The Bertz CT molecular complexity index is 2710. The van der Waals surface area contributed by atoms with Gasteiger partial charge in [0, 0.05) is 44.0 Å². The van der Waals surface area contributed by atoms with Crippen LogP contribution in [0.5, 0.6) is 0 Å². The van der Waals surface area contributed by atoms with Gasteiger partial charge >= 0.3 is 0 Å². The molecule has 0 unspecified atom stereocenters. The lowest BCUT2D eigenvalue weighted by molar-refractivity contribution is 0.660. The van der Waals surface area contributed by atoms with E-state index in [4.69, 9.17) is 8.83 Å². The second kappa shape index (κ2) is 9.97. The predicted molar refractivity (Wildman–Crippen MR) is 199 cm³/mol. The van der Waals surface area contributed by atoms with E-state index in [0.29, 0.717) is 0 Å². The lowest BCUT2D eigenvalue weighted by Crippen LogP contribution is -2.16. The minimum atomic E-state index is -0.0991. The number of hydrogen-bond donors (Lipinski definition) is 0. The SMILES string of the molecule is CC1(C)c2ccccc2-c2ccc(N(c3ccc(-c4ccc5oc6ccccc6c5c4)cc3)c3ccc4oc5ccccc5c4c3)cc21. The summed E-state index contributed by atoms with van der Waals surface area (Å²) in [6.07, 6.45) is 0. The topological polar surface area (TPSA) is 29.5 Å². The third-order valence-corrected chi connectivity index (χ3v) is 10.3. The first kappa shape index (κ1) is 27.1. The summed E-state index contributed by atoms with van der Waals surface area (Å²) in [4.78, 5) is 2.37. The van der Waals surface area contributed by atoms with E-state index in [0.717, 1.165) is 72.1 Å². The van der Waals surface area contributed by atoms with Crippen LogP contribution in [0.4, 0.5) is 17.1 Å². The number of furan rings is 2. The molecule has 3 nitrogen and oxygen atoms in total. The average Bonchev–Trinajstić information content (AvgIpc) is 3.76. The van der Waals surface area contributed by atoms with E-state index in [1.807, 2.05) is 24.3 Å². The minimum Gasteiger partial charge on any atom is -0.456 e. The molecule has 10 rings (SSSR count). The zero-order valence-corrected chi connectivity index (χ0v) is 26.7. The van der Waals surface area contributed by atoms with Gasteiger partial charge in [0.2, 0.25) is 0 Å². The number of anilines is 3. The van der Waals surface area contributed by atoms with Crippen molar-refractivity contribution in [2.75, 3.05) is 4.90 Å². The summed E-state index contributed by atoms with van der Waals surface area (Å²) in [6.45, 7) is 4.68. The Hall–Kier alpha value is -6.06. The van der Waals surface area contributed by atoms with Gasteiger partial charge in [-0.3, -0.25) is 0 Å². The Labute approximate surface area is 278 Å². The van der Waals surface area contributed by atoms with Crippen molar-refractivity contribution in [3.8, 4) is 22.3 Å². The first-order chi connectivity index (χ1) is 23.5. The highest BCUT2D eigenvalue weighted by atomic mass is 16.3. The Morgan fingerprint density at radius 1 is 0.396 bits per heavy atom. The van der Waals surface area contributed by atoms with Crippen molar-refractivity contribution in [3.63, 3.8) is 0 Å². The molecule has 228 valence electrons. The molecule has 7 aromatic carbocycles. The van der Waals surface area contributed by atoms with E-state index < -0.39 is 0 Å². The molecule has 2 heterocycles. The van der Waals surface area contributed by atoms with Crippen LogP contribution < -0.4 is 4.90 Å². The molecule has 0 N–H and O–H groups in total. The molecule has 0 radical (unpaired) electrons. The summed E-state index contributed by atoms with van der Waals surface area (Å²) < 4.78 is 12.3. The first-order valence-corrected chi connectivity index (χ1v) is 16.5. The molecule has 0 amide bonds. The van der Waals surface area contributed by atoms with E-state index in [9.17, 15) is 0 Å². The monoisotopic (exact) mass is 617 g/mol. The maximum atomic E-state index is 6.21. The third-order valence-electron chi connectivity index (χ3n) is 10.3. The molecule has 2 aromatic heterocycles. The Kier molecular flexibility index (Phi) is 5.63. The molecule has 1 aliphatic carbocycles. The second-order valence-corrected chi connectivity index (χ2v) is 13.4. The van der Waals surface area contributed by atoms with Crippen molar-refractivity contribution in [1.82, 2.24) is 0 Å². The highest BCUT2D eigenvalue weighted by Crippen LogP contribution is 2.51. The van der Waals surface area contributed by atoms with Crippen LogP contribution in [0.15, 0.2) is 160 Å². The highest BCUT2D eigenvalue weighted by molar-refractivity contribution is 6.07. The highest BCUT2D eigenvalue weighted by Gasteiger charge is 2.35. The van der Waals surface area contributed by atoms with Crippen molar-refractivity contribution in [3.05, 3.63) is 163 Å². The van der Waals surface area contributed by atoms with Crippen molar-refractivity contribution in [1.29, 1.82) is 0 Å². The van der Waals surface area contributed by atoms with Crippen LogP contribution in [0.3, 0.4) is 0 Å². The molecule has 1 aliphatic rings. The van der Waals surface area contributed by atoms with E-state index in [-0.39, 0.29) is 5.41 Å². The van der Waals surface area contributed by atoms with Gasteiger partial charge in [-0.15, -0.1) is 0 Å². The molecule has 0 fully saturated rings. The lowest BCUT2D eigenvalue weighted by atomic mass is 9.82. The van der Waals surface area contributed by atoms with Crippen molar-refractivity contribution in [2.24, 2.45) is 0 Å². The first-order valence-electron chi connectivity index (χ1n) is 16.5. The number of benzene rings is 7. The second-order valence-electron chi connectivity index (χ2n) is 13.4. The number of rotatable bonds is 4. The summed E-state index contributed by atoms with van der Waals surface area (Å²) in [5.74, 6) is 0. The maximum Gasteiger partial charge on any atom is 0.135 e. The van der Waals surface area contributed by atoms with Crippen LogP contribution in [0, 0.1) is 0 Å². The van der Waals surface area contributed by atoms with E-state index in [2.05, 4.69) is 146 Å². The summed E-state index contributed by atoms with van der Waals surface area (Å²) in [5.41, 5.74) is 14.5. The van der Waals surface area contributed by atoms with Gasteiger partial charge in [-0.05, 0) is 100 Å². The lowest BCUT2D eigenvalue weighted by Gasteiger charge is -2.28. The number of para-hydroxylation sites is 2. The maximum absolute atomic E-state index is 6.21. The van der Waals surface area contributed by atoms with Gasteiger partial charge in [0.1, 0.15) is 22.3 Å². The molecule has 3 heteroatoms. The minimum absolute atomic E-state index is 0.0991. The van der Waals surface area contributed by atoms with Crippen LogP contribution in [-0.4, -0.2) is 0 Å². The zero-order chi connectivity index (χ0) is 32.0. The third kappa shape index (κ3) is 3.94. The van der Waals surface area contributed by atoms with Crippen LogP contribution in [0.1, 0.15) is 25.0 Å². The van der Waals surface area contributed by atoms with Crippen molar-refractivity contribution >= 4 is 60.9 Å². The summed E-state index contributed by atoms with van der Waals surface area (Å²) in [7, 11) is 0. The molecule has 9 aromatic rings. The van der Waals surface area contributed by atoms with Gasteiger partial charge in [0.05, 0.1) is 0 Å². The van der Waals surface area contributed by atoms with Gasteiger partial charge in [0.15, 0.2) is 0 Å². The molecule has 0 saturated carbocycles. The normalized spacial score (nSPS) is 13.4. The molecular formula is C45H31NO2. The van der Waals surface area contributed by atoms with Gasteiger partial charge < -0.3 is 13.7 Å². The predicted octanol–water partition coefficient (Wildman–Crippen LogP) is 12.9. The van der Waals surface area contributed by atoms with Crippen molar-refractivity contribution in [2.45, 2.75) is 19.3 Å². The zero-order valence-electron chi connectivity index (χ0n) is 26.7. The molecule has 48 heavy (non-hydrogen) atoms. The summed E-state index contributed by atoms with van der Waals surface area (Å²) in [5, 5.41) is 4.51. The Balaban J connectivity index is 1.12. The number of fused-ring (bicyclic) bond motifs is 9. The van der Waals surface area contributed by atoms with Gasteiger partial charge in [-0.1, -0.05) is 98.8 Å². The molecule has 0 atom stereocenters. The molecule has 0 saturated heterocycles. The van der Waals surface area contributed by atoms with Crippen LogP contribution >= 0.6 is 0 Å². The van der Waals surface area contributed by atoms with E-state index in [1.54, 1.807) is 0 Å². The van der Waals surface area contributed by atoms with Crippen molar-refractivity contribution < 1.29 is 8.83 Å². The van der Waals surface area contributed by atoms with Crippen LogP contribution in [0.25, 0.3) is 66.1 Å². The van der Waals surface area contributed by atoms with Gasteiger partial charge in [0.25, 0.3) is 0 Å². The van der Waals surface area contributed by atoms with Crippen LogP contribution in [-0.2, 0) is 5.41 Å². The van der Waals surface area contributed by atoms with E-state index in [1.165, 1.54) is 22.3 Å². The number of hydrogen-bond acceptors (Lipinski definition) is 3. The van der Waals surface area contributed by atoms with E-state index >= 15 is 0 Å². The smallest absolute Gasteiger partial charge is 0.135 e.